The van der Waals surface area contributed by atoms with E-state index in [1.165, 1.54) is 11.8 Å². The van der Waals surface area contributed by atoms with Gasteiger partial charge in [0.2, 0.25) is 5.12 Å². The molecule has 144 valence electrons. The highest BCUT2D eigenvalue weighted by atomic mass is 32.2. The molecular formula is C20H25N3O3S. The molecule has 0 aromatic carbocycles. The van der Waals surface area contributed by atoms with Gasteiger partial charge in [0, 0.05) is 42.2 Å². The zero-order valence-electron chi connectivity index (χ0n) is 16.0. The number of carbonyl (C=O) groups excluding carboxylic acids is 2. The van der Waals surface area contributed by atoms with Crippen molar-refractivity contribution in [3.8, 4) is 0 Å². The lowest BCUT2D eigenvalue weighted by molar-refractivity contribution is 0.0191. The molecule has 1 fully saturated rings. The number of piperidine rings is 1. The lowest BCUT2D eigenvalue weighted by atomic mass is 9.99. The second kappa shape index (κ2) is 8.25. The van der Waals surface area contributed by atoms with Crippen LogP contribution in [0, 0.1) is 5.92 Å². The fraction of sp³-hybridized carbons (Fsp3) is 0.500. The number of fused-ring (bicyclic) bond motifs is 1. The van der Waals surface area contributed by atoms with Gasteiger partial charge in [-0.15, -0.1) is 0 Å². The van der Waals surface area contributed by atoms with Crippen molar-refractivity contribution in [3.63, 3.8) is 0 Å². The minimum absolute atomic E-state index is 0.0378. The number of aromatic nitrogens is 2. The Bertz CT molecular complexity index is 827. The van der Waals surface area contributed by atoms with Gasteiger partial charge < -0.3 is 9.64 Å². The quantitative estimate of drug-likeness (QED) is 0.788. The van der Waals surface area contributed by atoms with Crippen LogP contribution in [0.1, 0.15) is 44.0 Å². The van der Waals surface area contributed by atoms with Crippen LogP contribution in [0.15, 0.2) is 30.7 Å². The number of ether oxygens (including phenoxy) is 1. The molecule has 0 N–H and O–H groups in total. The molecule has 0 radical (unpaired) electrons. The van der Waals surface area contributed by atoms with Gasteiger partial charge in [-0.05, 0) is 51.7 Å². The summed E-state index contributed by atoms with van der Waals surface area (Å²) in [6, 6.07) is 3.72. The first-order chi connectivity index (χ1) is 12.8. The van der Waals surface area contributed by atoms with Crippen LogP contribution in [-0.2, 0) is 4.74 Å². The summed E-state index contributed by atoms with van der Waals surface area (Å²) in [6.07, 6.45) is 6.53. The molecule has 1 saturated heterocycles. The van der Waals surface area contributed by atoms with Gasteiger partial charge in [-0.3, -0.25) is 14.8 Å². The first kappa shape index (κ1) is 19.6. The number of likely N-dealkylation sites (tertiary alicyclic amines) is 1. The number of hydrogen-bond acceptors (Lipinski definition) is 6. The number of amides is 1. The van der Waals surface area contributed by atoms with E-state index in [1.54, 1.807) is 23.5 Å². The van der Waals surface area contributed by atoms with Gasteiger partial charge in [0.25, 0.3) is 0 Å². The lowest BCUT2D eigenvalue weighted by Gasteiger charge is -2.33. The van der Waals surface area contributed by atoms with Gasteiger partial charge in [0.05, 0.1) is 11.7 Å². The van der Waals surface area contributed by atoms with Gasteiger partial charge in [-0.1, -0.05) is 11.8 Å². The molecule has 0 saturated carbocycles. The van der Waals surface area contributed by atoms with Crippen molar-refractivity contribution in [2.45, 2.75) is 39.2 Å². The second-order valence-corrected chi connectivity index (χ2v) is 8.79. The van der Waals surface area contributed by atoms with E-state index >= 15 is 0 Å². The smallest absolute Gasteiger partial charge is 0.410 e. The van der Waals surface area contributed by atoms with Crippen molar-refractivity contribution in [1.82, 2.24) is 14.9 Å². The van der Waals surface area contributed by atoms with Gasteiger partial charge in [-0.2, -0.15) is 0 Å². The molecular weight excluding hydrogens is 362 g/mol. The Morgan fingerprint density at radius 2 is 2.00 bits per heavy atom. The number of nitrogens with zero attached hydrogens (tertiary/aromatic N) is 3. The first-order valence-corrected chi connectivity index (χ1v) is 10.2. The molecule has 27 heavy (non-hydrogen) atoms. The van der Waals surface area contributed by atoms with Gasteiger partial charge >= 0.3 is 6.09 Å². The first-order valence-electron chi connectivity index (χ1n) is 9.17. The standard InChI is InChI=1S/C20H25N3O3S/c1-20(2,3)26-19(25)23-8-5-14(6-9-23)13-27-18(24)16-10-15-4-7-21-12-17(15)22-11-16/h4,7,10-12,14H,5-6,8-9,13H2,1-3H3. The van der Waals surface area contributed by atoms with E-state index in [2.05, 4.69) is 9.97 Å². The zero-order valence-corrected chi connectivity index (χ0v) is 16.8. The van der Waals surface area contributed by atoms with E-state index in [9.17, 15) is 9.59 Å². The van der Waals surface area contributed by atoms with Gasteiger partial charge in [0.1, 0.15) is 5.60 Å². The number of pyridine rings is 2. The van der Waals surface area contributed by atoms with Crippen molar-refractivity contribution >= 4 is 33.9 Å². The fourth-order valence-electron chi connectivity index (χ4n) is 2.97. The summed E-state index contributed by atoms with van der Waals surface area (Å²) in [5, 5.41) is 0.956. The van der Waals surface area contributed by atoms with Crippen LogP contribution < -0.4 is 0 Å². The van der Waals surface area contributed by atoms with E-state index in [4.69, 9.17) is 4.74 Å². The Morgan fingerprint density at radius 3 is 2.70 bits per heavy atom. The molecule has 1 aliphatic heterocycles. The van der Waals surface area contributed by atoms with Crippen LogP contribution in [0.25, 0.3) is 10.9 Å². The zero-order chi connectivity index (χ0) is 19.4. The topological polar surface area (TPSA) is 72.4 Å². The van der Waals surface area contributed by atoms with Crippen LogP contribution >= 0.6 is 11.8 Å². The molecule has 3 rings (SSSR count). The maximum atomic E-state index is 12.5. The van der Waals surface area contributed by atoms with Gasteiger partial charge in [0.15, 0.2) is 0 Å². The summed E-state index contributed by atoms with van der Waals surface area (Å²) < 4.78 is 5.42. The van der Waals surface area contributed by atoms with Crippen molar-refractivity contribution in [2.75, 3.05) is 18.8 Å². The van der Waals surface area contributed by atoms with Crippen LogP contribution in [-0.4, -0.2) is 50.5 Å². The predicted molar refractivity (Wildman–Crippen MR) is 107 cm³/mol. The molecule has 1 aliphatic rings. The molecule has 0 atom stereocenters. The summed E-state index contributed by atoms with van der Waals surface area (Å²) in [5.41, 5.74) is 0.929. The van der Waals surface area contributed by atoms with Crippen molar-refractivity contribution in [1.29, 1.82) is 0 Å². The lowest BCUT2D eigenvalue weighted by Crippen LogP contribution is -2.42. The van der Waals surface area contributed by atoms with Crippen molar-refractivity contribution in [2.24, 2.45) is 5.92 Å². The van der Waals surface area contributed by atoms with Crippen molar-refractivity contribution in [3.05, 3.63) is 36.3 Å². The third-order valence-electron chi connectivity index (χ3n) is 4.44. The minimum atomic E-state index is -0.472. The summed E-state index contributed by atoms with van der Waals surface area (Å²) in [6.45, 7) is 6.98. The Labute approximate surface area is 163 Å². The highest BCUT2D eigenvalue weighted by Crippen LogP contribution is 2.25. The van der Waals surface area contributed by atoms with E-state index in [-0.39, 0.29) is 11.2 Å². The molecule has 6 nitrogen and oxygen atoms in total. The van der Waals surface area contributed by atoms with Crippen LogP contribution in [0.3, 0.4) is 0 Å². The van der Waals surface area contributed by atoms with E-state index < -0.39 is 5.60 Å². The monoisotopic (exact) mass is 387 g/mol. The van der Waals surface area contributed by atoms with Gasteiger partial charge in [-0.25, -0.2) is 4.79 Å². The maximum Gasteiger partial charge on any atom is 0.410 e. The number of rotatable bonds is 3. The van der Waals surface area contributed by atoms with E-state index in [0.717, 1.165) is 29.5 Å². The minimum Gasteiger partial charge on any atom is -0.444 e. The Hall–Kier alpha value is -2.15. The van der Waals surface area contributed by atoms with Crippen molar-refractivity contribution < 1.29 is 14.3 Å². The second-order valence-electron chi connectivity index (χ2n) is 7.80. The molecule has 2 aromatic rings. The molecule has 0 unspecified atom stereocenters. The van der Waals surface area contributed by atoms with Crippen LogP contribution in [0.5, 0.6) is 0 Å². The SMILES string of the molecule is CC(C)(C)OC(=O)N1CCC(CSC(=O)c2cnc3cnccc3c2)CC1. The average molecular weight is 388 g/mol. The van der Waals surface area contributed by atoms with Crippen LogP contribution in [0.2, 0.25) is 0 Å². The fourth-order valence-corrected chi connectivity index (χ4v) is 3.97. The highest BCUT2D eigenvalue weighted by Gasteiger charge is 2.27. The summed E-state index contributed by atoms with van der Waals surface area (Å²) >= 11 is 1.34. The molecule has 0 spiro atoms. The predicted octanol–water partition coefficient (Wildman–Crippen LogP) is 4.15. The molecule has 1 amide bonds. The summed E-state index contributed by atoms with van der Waals surface area (Å²) in [7, 11) is 0. The number of carbonyl (C=O) groups is 2. The number of thioether (sulfide) groups is 1. The van der Waals surface area contributed by atoms with E-state index in [0.29, 0.717) is 24.6 Å². The number of hydrogen-bond donors (Lipinski definition) is 0. The third-order valence-corrected chi connectivity index (χ3v) is 5.57. The average Bonchev–Trinajstić information content (AvgIpc) is 2.64. The Morgan fingerprint density at radius 1 is 1.26 bits per heavy atom. The summed E-state index contributed by atoms with van der Waals surface area (Å²) in [5.74, 6) is 1.19. The van der Waals surface area contributed by atoms with Crippen LogP contribution in [0.4, 0.5) is 4.79 Å². The largest absolute Gasteiger partial charge is 0.444 e. The van der Waals surface area contributed by atoms with E-state index in [1.807, 2.05) is 32.9 Å². The Kier molecular flexibility index (Phi) is 5.99. The molecule has 3 heterocycles. The molecule has 0 bridgehead atoms. The summed E-state index contributed by atoms with van der Waals surface area (Å²) in [4.78, 5) is 34.7. The normalized spacial score (nSPS) is 15.7. The maximum absolute atomic E-state index is 12.5. The highest BCUT2D eigenvalue weighted by molar-refractivity contribution is 8.14. The Balaban J connectivity index is 1.48. The molecule has 7 heteroatoms. The molecule has 0 aliphatic carbocycles. The third kappa shape index (κ3) is 5.42. The molecule has 2 aromatic heterocycles.